The van der Waals surface area contributed by atoms with Gasteiger partial charge in [-0.2, -0.15) is 13.2 Å². The van der Waals surface area contributed by atoms with Gasteiger partial charge in [-0.3, -0.25) is 4.90 Å². The van der Waals surface area contributed by atoms with E-state index in [-0.39, 0.29) is 25.2 Å². The molecule has 0 radical (unpaired) electrons. The molecule has 1 saturated heterocycles. The van der Waals surface area contributed by atoms with E-state index in [0.717, 1.165) is 13.0 Å². The van der Waals surface area contributed by atoms with E-state index < -0.39 is 12.2 Å². The molecule has 0 saturated carbocycles. The van der Waals surface area contributed by atoms with Gasteiger partial charge in [-0.25, -0.2) is 4.79 Å². The second kappa shape index (κ2) is 8.01. The molecule has 0 aliphatic carbocycles. The first-order chi connectivity index (χ1) is 10.1. The topological polar surface area (TPSA) is 38.8 Å². The Kier molecular flexibility index (Phi) is 6.93. The Morgan fingerprint density at radius 3 is 2.18 bits per heavy atom. The van der Waals surface area contributed by atoms with Crippen molar-refractivity contribution in [3.63, 3.8) is 0 Å². The van der Waals surface area contributed by atoms with E-state index in [4.69, 9.17) is 0 Å². The molecule has 1 N–H and O–H groups in total. The van der Waals surface area contributed by atoms with Crippen LogP contribution in [0, 0.1) is 0 Å². The lowest BCUT2D eigenvalue weighted by Gasteiger charge is -2.38. The molecule has 2 atom stereocenters. The predicted molar refractivity (Wildman–Crippen MR) is 79.8 cm³/mol. The third-order valence-corrected chi connectivity index (χ3v) is 4.00. The van der Waals surface area contributed by atoms with E-state index >= 15 is 0 Å². The van der Waals surface area contributed by atoms with Gasteiger partial charge in [-0.15, -0.1) is 0 Å². The van der Waals surface area contributed by atoms with Crippen LogP contribution in [0.2, 0.25) is 0 Å². The van der Waals surface area contributed by atoms with Gasteiger partial charge in [0.25, 0.3) is 0 Å². The third kappa shape index (κ3) is 6.00. The van der Waals surface area contributed by atoms with E-state index in [0.29, 0.717) is 13.1 Å². The molecule has 8 heteroatoms. The normalized spacial score (nSPS) is 20.1. The number of alkyl halides is 3. The van der Waals surface area contributed by atoms with Crippen LogP contribution in [0.3, 0.4) is 0 Å². The van der Waals surface area contributed by atoms with Crippen molar-refractivity contribution >= 4 is 6.03 Å². The Bertz CT molecular complexity index is 354. The summed E-state index contributed by atoms with van der Waals surface area (Å²) in [5, 5.41) is 2.90. The summed E-state index contributed by atoms with van der Waals surface area (Å²) in [4.78, 5) is 17.1. The summed E-state index contributed by atoms with van der Waals surface area (Å²) in [6.07, 6.45) is -3.38. The van der Waals surface area contributed by atoms with Crippen LogP contribution in [0.25, 0.3) is 0 Å². The standard InChI is InChI=1S/C14H27F3N4O/c1-11(5-6-19(3)4)18-13(22)21-9-7-20(8-10-21)12(2)14(15,16)17/h11-12H,5-10H2,1-4H3,(H,18,22)/t11-,12+/m0/s1. The molecule has 0 spiro atoms. The lowest BCUT2D eigenvalue weighted by molar-refractivity contribution is -0.181. The molecular formula is C14H27F3N4O. The number of hydrogen-bond donors (Lipinski definition) is 1. The fourth-order valence-corrected chi connectivity index (χ4v) is 2.35. The van der Waals surface area contributed by atoms with Crippen molar-refractivity contribution in [2.75, 3.05) is 46.8 Å². The number of urea groups is 1. The average molecular weight is 324 g/mol. The summed E-state index contributed by atoms with van der Waals surface area (Å²) in [6.45, 7) is 5.13. The molecule has 0 aromatic carbocycles. The molecule has 1 aliphatic rings. The highest BCUT2D eigenvalue weighted by Gasteiger charge is 2.41. The summed E-state index contributed by atoms with van der Waals surface area (Å²) in [5.74, 6) is 0. The summed E-state index contributed by atoms with van der Waals surface area (Å²) < 4.78 is 38.0. The Labute approximate surface area is 130 Å². The highest BCUT2D eigenvalue weighted by atomic mass is 19.4. The summed E-state index contributed by atoms with van der Waals surface area (Å²) in [5.41, 5.74) is 0. The summed E-state index contributed by atoms with van der Waals surface area (Å²) in [7, 11) is 3.94. The molecule has 22 heavy (non-hydrogen) atoms. The Hall–Kier alpha value is -1.02. The van der Waals surface area contributed by atoms with Crippen LogP contribution in [0.15, 0.2) is 0 Å². The van der Waals surface area contributed by atoms with E-state index in [9.17, 15) is 18.0 Å². The second-order valence-corrected chi connectivity index (χ2v) is 6.18. The molecule has 1 aliphatic heterocycles. The Balaban J connectivity index is 2.36. The van der Waals surface area contributed by atoms with Gasteiger partial charge in [0, 0.05) is 32.2 Å². The van der Waals surface area contributed by atoms with E-state index in [1.54, 1.807) is 4.90 Å². The number of amides is 2. The van der Waals surface area contributed by atoms with Crippen LogP contribution in [0.4, 0.5) is 18.0 Å². The Morgan fingerprint density at radius 1 is 1.18 bits per heavy atom. The Morgan fingerprint density at radius 2 is 1.73 bits per heavy atom. The fraction of sp³-hybridized carbons (Fsp3) is 0.929. The average Bonchev–Trinajstić information content (AvgIpc) is 2.43. The van der Waals surface area contributed by atoms with Gasteiger partial charge in [0.2, 0.25) is 0 Å². The zero-order chi connectivity index (χ0) is 16.9. The highest BCUT2D eigenvalue weighted by molar-refractivity contribution is 5.74. The molecule has 5 nitrogen and oxygen atoms in total. The van der Waals surface area contributed by atoms with Gasteiger partial charge in [0.05, 0.1) is 0 Å². The van der Waals surface area contributed by atoms with E-state index in [1.165, 1.54) is 11.8 Å². The number of nitrogens with zero attached hydrogens (tertiary/aromatic N) is 3. The maximum atomic E-state index is 12.7. The van der Waals surface area contributed by atoms with Crippen LogP contribution in [0.1, 0.15) is 20.3 Å². The van der Waals surface area contributed by atoms with Gasteiger partial charge in [0.15, 0.2) is 0 Å². The zero-order valence-corrected chi connectivity index (χ0v) is 13.8. The largest absolute Gasteiger partial charge is 0.403 e. The number of halogens is 3. The van der Waals surface area contributed by atoms with Gasteiger partial charge in [-0.05, 0) is 40.9 Å². The van der Waals surface area contributed by atoms with E-state index in [2.05, 4.69) is 5.32 Å². The first-order valence-electron chi connectivity index (χ1n) is 7.62. The first-order valence-corrected chi connectivity index (χ1v) is 7.62. The van der Waals surface area contributed by atoms with Crippen LogP contribution in [0.5, 0.6) is 0 Å². The van der Waals surface area contributed by atoms with Crippen LogP contribution >= 0.6 is 0 Å². The molecule has 0 aromatic rings. The van der Waals surface area contributed by atoms with Crippen molar-refractivity contribution in [1.29, 1.82) is 0 Å². The smallest absolute Gasteiger partial charge is 0.335 e. The number of hydrogen-bond acceptors (Lipinski definition) is 3. The maximum Gasteiger partial charge on any atom is 0.403 e. The number of rotatable bonds is 5. The van der Waals surface area contributed by atoms with Crippen LogP contribution in [-0.2, 0) is 0 Å². The number of carbonyl (C=O) groups is 1. The van der Waals surface area contributed by atoms with Gasteiger partial charge < -0.3 is 15.1 Å². The predicted octanol–water partition coefficient (Wildman–Crippen LogP) is 1.60. The minimum Gasteiger partial charge on any atom is -0.335 e. The quantitative estimate of drug-likeness (QED) is 0.835. The van der Waals surface area contributed by atoms with Crippen molar-refractivity contribution in [1.82, 2.24) is 20.0 Å². The first kappa shape index (κ1) is 19.0. The minimum absolute atomic E-state index is 0.0435. The molecule has 1 rings (SSSR count). The summed E-state index contributed by atoms with van der Waals surface area (Å²) >= 11 is 0. The molecule has 0 bridgehead atoms. The van der Waals surface area contributed by atoms with E-state index in [1.807, 2.05) is 25.9 Å². The van der Waals surface area contributed by atoms with Crippen LogP contribution < -0.4 is 5.32 Å². The second-order valence-electron chi connectivity index (χ2n) is 6.18. The van der Waals surface area contributed by atoms with Crippen molar-refractivity contribution in [2.24, 2.45) is 0 Å². The minimum atomic E-state index is -4.22. The summed E-state index contributed by atoms with van der Waals surface area (Å²) in [6, 6.07) is -1.61. The third-order valence-electron chi connectivity index (χ3n) is 4.00. The SMILES string of the molecule is C[C@@H](CCN(C)C)NC(=O)N1CCN([C@H](C)C(F)(F)F)CC1. The lowest BCUT2D eigenvalue weighted by atomic mass is 10.2. The van der Waals surface area contributed by atoms with Gasteiger partial charge >= 0.3 is 12.2 Å². The van der Waals surface area contributed by atoms with Crippen molar-refractivity contribution < 1.29 is 18.0 Å². The number of piperazine rings is 1. The molecule has 2 amide bonds. The van der Waals surface area contributed by atoms with Crippen molar-refractivity contribution in [3.8, 4) is 0 Å². The van der Waals surface area contributed by atoms with Crippen molar-refractivity contribution in [3.05, 3.63) is 0 Å². The van der Waals surface area contributed by atoms with Crippen LogP contribution in [-0.4, -0.2) is 85.8 Å². The zero-order valence-electron chi connectivity index (χ0n) is 13.8. The molecular weight excluding hydrogens is 297 g/mol. The highest BCUT2D eigenvalue weighted by Crippen LogP contribution is 2.25. The molecule has 130 valence electrons. The fourth-order valence-electron chi connectivity index (χ4n) is 2.35. The van der Waals surface area contributed by atoms with Crippen molar-refractivity contribution in [2.45, 2.75) is 38.5 Å². The molecule has 0 aromatic heterocycles. The molecule has 1 heterocycles. The molecule has 1 fully saturated rings. The van der Waals surface area contributed by atoms with Gasteiger partial charge in [-0.1, -0.05) is 0 Å². The monoisotopic (exact) mass is 324 g/mol. The number of carbonyl (C=O) groups excluding carboxylic acids is 1. The maximum absolute atomic E-state index is 12.7. The molecule has 0 unspecified atom stereocenters. The number of nitrogens with one attached hydrogen (secondary N) is 1. The van der Waals surface area contributed by atoms with Gasteiger partial charge in [0.1, 0.15) is 6.04 Å². The lowest BCUT2D eigenvalue weighted by Crippen LogP contribution is -2.57.